The van der Waals surface area contributed by atoms with Crippen molar-refractivity contribution in [1.82, 2.24) is 29.6 Å². The number of aromatic amines is 1. The first kappa shape index (κ1) is 21.4. The molecule has 4 heterocycles. The summed E-state index contributed by atoms with van der Waals surface area (Å²) in [5.41, 5.74) is 7.13. The number of H-pyrrole nitrogens is 1. The SMILES string of the molecule is Cc1cc(C)nc(-n2nc(C)c(CC(=O)N3CCC(c4c[nH]c5ccccc45)CC3)c2C)n1. The maximum Gasteiger partial charge on any atom is 0.251 e. The van der Waals surface area contributed by atoms with E-state index in [-0.39, 0.29) is 5.91 Å². The number of aromatic nitrogens is 5. The van der Waals surface area contributed by atoms with Gasteiger partial charge in [0.1, 0.15) is 0 Å². The number of nitrogens with zero attached hydrogens (tertiary/aromatic N) is 5. The fourth-order valence-electron chi connectivity index (χ4n) is 5.06. The van der Waals surface area contributed by atoms with Gasteiger partial charge in [0, 0.05) is 52.8 Å². The van der Waals surface area contributed by atoms with E-state index >= 15 is 0 Å². The van der Waals surface area contributed by atoms with Gasteiger partial charge in [-0.25, -0.2) is 14.6 Å². The number of amides is 1. The number of carbonyl (C=O) groups is 1. The highest BCUT2D eigenvalue weighted by Gasteiger charge is 2.27. The van der Waals surface area contributed by atoms with E-state index in [0.717, 1.165) is 54.3 Å². The van der Waals surface area contributed by atoms with Gasteiger partial charge >= 0.3 is 0 Å². The quantitative estimate of drug-likeness (QED) is 0.510. The summed E-state index contributed by atoms with van der Waals surface area (Å²) in [4.78, 5) is 27.6. The fraction of sp³-hybridized carbons (Fsp3) is 0.385. The molecule has 0 saturated carbocycles. The third kappa shape index (κ3) is 4.03. The molecule has 33 heavy (non-hydrogen) atoms. The van der Waals surface area contributed by atoms with Crippen molar-refractivity contribution in [3.8, 4) is 5.95 Å². The van der Waals surface area contributed by atoms with Crippen molar-refractivity contribution in [2.24, 2.45) is 0 Å². The summed E-state index contributed by atoms with van der Waals surface area (Å²) in [5, 5.41) is 5.95. The molecule has 0 unspecified atom stereocenters. The normalized spacial score (nSPS) is 14.8. The van der Waals surface area contributed by atoms with Crippen molar-refractivity contribution < 1.29 is 4.79 Å². The van der Waals surface area contributed by atoms with Gasteiger partial charge in [-0.2, -0.15) is 5.10 Å². The first-order valence-electron chi connectivity index (χ1n) is 11.6. The van der Waals surface area contributed by atoms with E-state index in [0.29, 0.717) is 18.3 Å². The Morgan fingerprint density at radius 3 is 2.48 bits per heavy atom. The van der Waals surface area contributed by atoms with Crippen molar-refractivity contribution in [2.45, 2.75) is 52.9 Å². The predicted molar refractivity (Wildman–Crippen MR) is 129 cm³/mol. The topological polar surface area (TPSA) is 79.7 Å². The summed E-state index contributed by atoms with van der Waals surface area (Å²) in [6.07, 6.45) is 4.48. The van der Waals surface area contributed by atoms with Crippen molar-refractivity contribution >= 4 is 16.8 Å². The first-order chi connectivity index (χ1) is 15.9. The second-order valence-electron chi connectivity index (χ2n) is 9.13. The van der Waals surface area contributed by atoms with E-state index in [1.165, 1.54) is 16.5 Å². The maximum atomic E-state index is 13.2. The molecule has 3 aromatic heterocycles. The lowest BCUT2D eigenvalue weighted by Crippen LogP contribution is -2.38. The molecule has 1 saturated heterocycles. The Hall–Kier alpha value is -3.48. The Bertz CT molecular complexity index is 1310. The van der Waals surface area contributed by atoms with Crippen LogP contribution in [0, 0.1) is 27.7 Å². The molecule has 1 N–H and O–H groups in total. The van der Waals surface area contributed by atoms with E-state index in [2.05, 4.69) is 50.5 Å². The molecule has 0 radical (unpaired) electrons. The van der Waals surface area contributed by atoms with Gasteiger partial charge in [0.05, 0.1) is 12.1 Å². The number of carbonyl (C=O) groups excluding carboxylic acids is 1. The van der Waals surface area contributed by atoms with E-state index in [1.807, 2.05) is 38.7 Å². The van der Waals surface area contributed by atoms with Gasteiger partial charge in [0.2, 0.25) is 5.91 Å². The summed E-state index contributed by atoms with van der Waals surface area (Å²) in [6, 6.07) is 10.4. The minimum absolute atomic E-state index is 0.166. The van der Waals surface area contributed by atoms with Gasteiger partial charge in [-0.1, -0.05) is 18.2 Å². The van der Waals surface area contributed by atoms with Crippen LogP contribution in [-0.2, 0) is 11.2 Å². The first-order valence-corrected chi connectivity index (χ1v) is 11.6. The van der Waals surface area contributed by atoms with Crippen molar-refractivity contribution in [3.63, 3.8) is 0 Å². The highest BCUT2D eigenvalue weighted by Crippen LogP contribution is 2.33. The van der Waals surface area contributed by atoms with Gasteiger partial charge in [0.15, 0.2) is 0 Å². The van der Waals surface area contributed by atoms with Crippen LogP contribution in [0.4, 0.5) is 0 Å². The summed E-state index contributed by atoms with van der Waals surface area (Å²) < 4.78 is 1.77. The monoisotopic (exact) mass is 442 g/mol. The summed E-state index contributed by atoms with van der Waals surface area (Å²) in [6.45, 7) is 9.43. The van der Waals surface area contributed by atoms with E-state index in [4.69, 9.17) is 0 Å². The van der Waals surface area contributed by atoms with Gasteiger partial charge < -0.3 is 9.88 Å². The molecule has 170 valence electrons. The average molecular weight is 443 g/mol. The Balaban J connectivity index is 1.28. The minimum atomic E-state index is 0.166. The molecule has 7 nitrogen and oxygen atoms in total. The average Bonchev–Trinajstić information content (AvgIpc) is 3.35. The number of para-hydroxylation sites is 1. The molecule has 0 bridgehead atoms. The molecule has 1 aromatic carbocycles. The maximum absolute atomic E-state index is 13.2. The molecule has 1 aliphatic rings. The number of piperidine rings is 1. The van der Waals surface area contributed by atoms with Gasteiger partial charge in [0.25, 0.3) is 5.95 Å². The lowest BCUT2D eigenvalue weighted by atomic mass is 9.89. The van der Waals surface area contributed by atoms with E-state index in [9.17, 15) is 4.79 Å². The predicted octanol–water partition coefficient (Wildman–Crippen LogP) is 4.33. The molecule has 0 atom stereocenters. The number of aryl methyl sites for hydroxylation is 3. The van der Waals surface area contributed by atoms with Crippen LogP contribution in [0.15, 0.2) is 36.5 Å². The standard InChI is InChI=1S/C26H30N6O/c1-16-13-17(2)29-26(28-16)32-19(4)22(18(3)30-32)14-25(33)31-11-9-20(10-12-31)23-15-27-24-8-6-5-7-21(23)24/h5-8,13,15,20,27H,9-12,14H2,1-4H3. The molecule has 1 aliphatic heterocycles. The molecule has 1 amide bonds. The number of hydrogen-bond acceptors (Lipinski definition) is 4. The summed E-state index contributed by atoms with van der Waals surface area (Å²) in [5.74, 6) is 1.21. The van der Waals surface area contributed by atoms with Crippen LogP contribution in [0.1, 0.15) is 52.7 Å². The van der Waals surface area contributed by atoms with Gasteiger partial charge in [-0.3, -0.25) is 4.79 Å². The Kier molecular flexibility index (Phi) is 5.48. The summed E-state index contributed by atoms with van der Waals surface area (Å²) in [7, 11) is 0. The zero-order valence-electron chi connectivity index (χ0n) is 19.7. The molecular weight excluding hydrogens is 412 g/mol. The van der Waals surface area contributed by atoms with E-state index < -0.39 is 0 Å². The highest BCUT2D eigenvalue weighted by atomic mass is 16.2. The van der Waals surface area contributed by atoms with Gasteiger partial charge in [-0.15, -0.1) is 0 Å². The lowest BCUT2D eigenvalue weighted by Gasteiger charge is -2.32. The van der Waals surface area contributed by atoms with Crippen molar-refractivity contribution in [3.05, 3.63) is 70.4 Å². The van der Waals surface area contributed by atoms with Crippen LogP contribution in [0.25, 0.3) is 16.9 Å². The number of hydrogen-bond donors (Lipinski definition) is 1. The molecule has 0 spiro atoms. The smallest absolute Gasteiger partial charge is 0.251 e. The summed E-state index contributed by atoms with van der Waals surface area (Å²) >= 11 is 0. The zero-order chi connectivity index (χ0) is 23.1. The molecule has 1 fully saturated rings. The number of fused-ring (bicyclic) bond motifs is 1. The number of nitrogens with one attached hydrogen (secondary N) is 1. The van der Waals surface area contributed by atoms with Crippen LogP contribution >= 0.6 is 0 Å². The zero-order valence-corrected chi connectivity index (χ0v) is 19.7. The fourth-order valence-corrected chi connectivity index (χ4v) is 5.06. The Labute approximate surface area is 193 Å². The number of rotatable bonds is 4. The second kappa shape index (κ2) is 8.46. The van der Waals surface area contributed by atoms with Crippen LogP contribution in [0.2, 0.25) is 0 Å². The van der Waals surface area contributed by atoms with Crippen molar-refractivity contribution in [2.75, 3.05) is 13.1 Å². The Morgan fingerprint density at radius 1 is 1.06 bits per heavy atom. The molecular formula is C26H30N6O. The minimum Gasteiger partial charge on any atom is -0.361 e. The molecule has 0 aliphatic carbocycles. The third-order valence-corrected chi connectivity index (χ3v) is 6.84. The second-order valence-corrected chi connectivity index (χ2v) is 9.13. The molecule has 5 rings (SSSR count). The Morgan fingerprint density at radius 2 is 1.76 bits per heavy atom. The molecule has 4 aromatic rings. The third-order valence-electron chi connectivity index (χ3n) is 6.84. The lowest BCUT2D eigenvalue weighted by molar-refractivity contribution is -0.131. The van der Waals surface area contributed by atoms with E-state index in [1.54, 1.807) is 4.68 Å². The van der Waals surface area contributed by atoms with Crippen LogP contribution < -0.4 is 0 Å². The van der Waals surface area contributed by atoms with Crippen LogP contribution in [0.3, 0.4) is 0 Å². The molecule has 7 heteroatoms. The number of likely N-dealkylation sites (tertiary alicyclic amines) is 1. The van der Waals surface area contributed by atoms with Crippen LogP contribution in [0.5, 0.6) is 0 Å². The van der Waals surface area contributed by atoms with Crippen molar-refractivity contribution in [1.29, 1.82) is 0 Å². The van der Waals surface area contributed by atoms with Crippen LogP contribution in [-0.4, -0.2) is 48.6 Å². The highest BCUT2D eigenvalue weighted by molar-refractivity contribution is 5.84. The largest absolute Gasteiger partial charge is 0.361 e. The number of benzene rings is 1. The van der Waals surface area contributed by atoms with Gasteiger partial charge in [-0.05, 0) is 64.2 Å².